The lowest BCUT2D eigenvalue weighted by Crippen LogP contribution is -2.38. The quantitative estimate of drug-likeness (QED) is 0.831. The van der Waals surface area contributed by atoms with Gasteiger partial charge in [0.15, 0.2) is 0 Å². The van der Waals surface area contributed by atoms with Crippen LogP contribution in [0.25, 0.3) is 0 Å². The first-order valence-corrected chi connectivity index (χ1v) is 8.90. The standard InChI is InChI=1S/C19H28N2O3/c1-23-14-17-12-18(24-2)13-21(17)19(22)15-6-8-16(9-7-15)20-10-4-3-5-11-20/h6-9,17-18H,3-5,10-14H2,1-2H3/t17-,18-/m0/s1. The van der Waals surface area contributed by atoms with E-state index in [1.165, 1.54) is 24.9 Å². The van der Waals surface area contributed by atoms with E-state index in [2.05, 4.69) is 17.0 Å². The summed E-state index contributed by atoms with van der Waals surface area (Å²) in [6.07, 6.45) is 4.77. The number of carbonyl (C=O) groups is 1. The Bertz CT molecular complexity index is 540. The Morgan fingerprint density at radius 1 is 1.12 bits per heavy atom. The Morgan fingerprint density at radius 2 is 1.83 bits per heavy atom. The van der Waals surface area contributed by atoms with Crippen molar-refractivity contribution in [3.63, 3.8) is 0 Å². The monoisotopic (exact) mass is 332 g/mol. The number of methoxy groups -OCH3 is 2. The van der Waals surface area contributed by atoms with Crippen LogP contribution < -0.4 is 4.90 Å². The molecular weight excluding hydrogens is 304 g/mol. The number of piperidine rings is 1. The lowest BCUT2D eigenvalue weighted by atomic mass is 10.1. The summed E-state index contributed by atoms with van der Waals surface area (Å²) in [5.41, 5.74) is 1.96. The van der Waals surface area contributed by atoms with Crippen molar-refractivity contribution in [1.82, 2.24) is 4.90 Å². The van der Waals surface area contributed by atoms with Crippen LogP contribution in [0.1, 0.15) is 36.0 Å². The van der Waals surface area contributed by atoms with Crippen molar-refractivity contribution < 1.29 is 14.3 Å². The largest absolute Gasteiger partial charge is 0.383 e. The van der Waals surface area contributed by atoms with E-state index in [0.29, 0.717) is 13.2 Å². The minimum absolute atomic E-state index is 0.0711. The van der Waals surface area contributed by atoms with Gasteiger partial charge in [0.25, 0.3) is 5.91 Å². The summed E-state index contributed by atoms with van der Waals surface area (Å²) in [5.74, 6) is 0.0711. The van der Waals surface area contributed by atoms with Gasteiger partial charge >= 0.3 is 0 Å². The molecule has 0 N–H and O–H groups in total. The van der Waals surface area contributed by atoms with Crippen molar-refractivity contribution in [1.29, 1.82) is 0 Å². The van der Waals surface area contributed by atoms with E-state index in [-0.39, 0.29) is 18.1 Å². The van der Waals surface area contributed by atoms with Crippen LogP contribution in [-0.2, 0) is 9.47 Å². The van der Waals surface area contributed by atoms with E-state index in [4.69, 9.17) is 9.47 Å². The van der Waals surface area contributed by atoms with Crippen molar-refractivity contribution in [3.05, 3.63) is 29.8 Å². The normalized spacial score (nSPS) is 24.4. The van der Waals surface area contributed by atoms with Crippen molar-refractivity contribution >= 4 is 11.6 Å². The molecule has 24 heavy (non-hydrogen) atoms. The molecule has 0 unspecified atom stereocenters. The number of amides is 1. The number of carbonyl (C=O) groups excluding carboxylic acids is 1. The van der Waals surface area contributed by atoms with Gasteiger partial charge in [0, 0.05) is 45.1 Å². The number of rotatable bonds is 5. The minimum Gasteiger partial charge on any atom is -0.383 e. The number of anilines is 1. The van der Waals surface area contributed by atoms with E-state index in [1.807, 2.05) is 17.0 Å². The summed E-state index contributed by atoms with van der Waals surface area (Å²) in [4.78, 5) is 17.2. The molecule has 0 saturated carbocycles. The molecule has 2 aliphatic rings. The third-order valence-corrected chi connectivity index (χ3v) is 5.16. The molecule has 2 atom stereocenters. The van der Waals surface area contributed by atoms with E-state index >= 15 is 0 Å². The first-order valence-electron chi connectivity index (χ1n) is 8.90. The highest BCUT2D eigenvalue weighted by atomic mass is 16.5. The maximum Gasteiger partial charge on any atom is 0.254 e. The highest BCUT2D eigenvalue weighted by molar-refractivity contribution is 5.95. The third-order valence-electron chi connectivity index (χ3n) is 5.16. The zero-order valence-corrected chi connectivity index (χ0v) is 14.7. The molecule has 0 aromatic heterocycles. The Balaban J connectivity index is 1.69. The van der Waals surface area contributed by atoms with Gasteiger partial charge in [-0.05, 0) is 49.9 Å². The first-order chi connectivity index (χ1) is 11.7. The summed E-state index contributed by atoms with van der Waals surface area (Å²) < 4.78 is 10.7. The fraction of sp³-hybridized carbons (Fsp3) is 0.632. The van der Waals surface area contributed by atoms with E-state index in [0.717, 1.165) is 25.1 Å². The van der Waals surface area contributed by atoms with Crippen molar-refractivity contribution in [2.45, 2.75) is 37.8 Å². The van der Waals surface area contributed by atoms with Crippen LogP contribution in [0, 0.1) is 0 Å². The zero-order valence-electron chi connectivity index (χ0n) is 14.7. The molecule has 0 bridgehead atoms. The summed E-state index contributed by atoms with van der Waals surface area (Å²) in [6, 6.07) is 8.16. The molecule has 5 nitrogen and oxygen atoms in total. The van der Waals surface area contributed by atoms with Gasteiger partial charge in [-0.25, -0.2) is 0 Å². The fourth-order valence-corrected chi connectivity index (χ4v) is 3.78. The molecule has 0 aliphatic carbocycles. The highest BCUT2D eigenvalue weighted by Crippen LogP contribution is 2.25. The summed E-state index contributed by atoms with van der Waals surface area (Å²) >= 11 is 0. The Morgan fingerprint density at radius 3 is 2.46 bits per heavy atom. The fourth-order valence-electron chi connectivity index (χ4n) is 3.78. The van der Waals surface area contributed by atoms with Crippen molar-refractivity contribution in [3.8, 4) is 0 Å². The van der Waals surface area contributed by atoms with Gasteiger partial charge in [-0.1, -0.05) is 0 Å². The molecule has 0 spiro atoms. The minimum atomic E-state index is 0.0711. The van der Waals surface area contributed by atoms with E-state index in [1.54, 1.807) is 14.2 Å². The van der Waals surface area contributed by atoms with Crippen LogP contribution in [0.5, 0.6) is 0 Å². The second kappa shape index (κ2) is 7.99. The number of nitrogens with zero attached hydrogens (tertiary/aromatic N) is 2. The number of hydrogen-bond donors (Lipinski definition) is 0. The van der Waals surface area contributed by atoms with Crippen LogP contribution in [-0.4, -0.2) is 63.4 Å². The van der Waals surface area contributed by atoms with Gasteiger partial charge in [-0.3, -0.25) is 4.79 Å². The Labute approximate surface area is 144 Å². The Hall–Kier alpha value is -1.59. The molecule has 5 heteroatoms. The van der Waals surface area contributed by atoms with Crippen LogP contribution in [0.4, 0.5) is 5.69 Å². The summed E-state index contributed by atoms with van der Waals surface area (Å²) in [7, 11) is 3.38. The summed E-state index contributed by atoms with van der Waals surface area (Å²) in [5, 5.41) is 0. The molecule has 2 saturated heterocycles. The number of hydrogen-bond acceptors (Lipinski definition) is 4. The second-order valence-electron chi connectivity index (χ2n) is 6.75. The highest BCUT2D eigenvalue weighted by Gasteiger charge is 2.35. The third kappa shape index (κ3) is 3.73. The van der Waals surface area contributed by atoms with Crippen molar-refractivity contribution in [2.24, 2.45) is 0 Å². The molecule has 1 amide bonds. The summed E-state index contributed by atoms with van der Waals surface area (Å²) in [6.45, 7) is 3.42. The van der Waals surface area contributed by atoms with Crippen molar-refractivity contribution in [2.75, 3.05) is 45.4 Å². The van der Waals surface area contributed by atoms with Gasteiger partial charge in [-0.2, -0.15) is 0 Å². The van der Waals surface area contributed by atoms with Crippen LogP contribution in [0.15, 0.2) is 24.3 Å². The second-order valence-corrected chi connectivity index (χ2v) is 6.75. The van der Waals surface area contributed by atoms with Gasteiger partial charge in [0.2, 0.25) is 0 Å². The lowest BCUT2D eigenvalue weighted by molar-refractivity contribution is 0.0612. The molecule has 1 aromatic rings. The molecule has 3 rings (SSSR count). The maximum atomic E-state index is 12.9. The van der Waals surface area contributed by atoms with Crippen LogP contribution in [0.3, 0.4) is 0 Å². The van der Waals surface area contributed by atoms with Crippen LogP contribution in [0.2, 0.25) is 0 Å². The van der Waals surface area contributed by atoms with Gasteiger partial charge in [0.05, 0.1) is 18.8 Å². The average Bonchev–Trinajstić information content (AvgIpc) is 3.05. The topological polar surface area (TPSA) is 42.0 Å². The molecular formula is C19H28N2O3. The SMILES string of the molecule is COC[C@@H]1C[C@H](OC)CN1C(=O)c1ccc(N2CCCCC2)cc1. The maximum absolute atomic E-state index is 12.9. The van der Waals surface area contributed by atoms with Gasteiger partial charge < -0.3 is 19.3 Å². The van der Waals surface area contributed by atoms with Gasteiger partial charge in [0.1, 0.15) is 0 Å². The molecule has 2 aliphatic heterocycles. The predicted octanol–water partition coefficient (Wildman–Crippen LogP) is 2.55. The number of ether oxygens (including phenoxy) is 2. The number of likely N-dealkylation sites (tertiary alicyclic amines) is 1. The van der Waals surface area contributed by atoms with Gasteiger partial charge in [-0.15, -0.1) is 0 Å². The lowest BCUT2D eigenvalue weighted by Gasteiger charge is -2.29. The predicted molar refractivity (Wildman–Crippen MR) is 94.6 cm³/mol. The van der Waals surface area contributed by atoms with E-state index in [9.17, 15) is 4.79 Å². The molecule has 2 heterocycles. The molecule has 132 valence electrons. The molecule has 1 aromatic carbocycles. The molecule has 2 fully saturated rings. The van der Waals surface area contributed by atoms with Crippen LogP contribution >= 0.6 is 0 Å². The zero-order chi connectivity index (χ0) is 16.9. The first kappa shape index (κ1) is 17.2. The number of benzene rings is 1. The Kier molecular flexibility index (Phi) is 5.74. The average molecular weight is 332 g/mol. The smallest absolute Gasteiger partial charge is 0.254 e. The van der Waals surface area contributed by atoms with E-state index < -0.39 is 0 Å². The molecule has 0 radical (unpaired) electrons.